The van der Waals surface area contributed by atoms with E-state index >= 15 is 0 Å². The van der Waals surface area contributed by atoms with E-state index < -0.39 is 0 Å². The lowest BCUT2D eigenvalue weighted by molar-refractivity contribution is 1.05. The molecule has 3 nitrogen and oxygen atoms in total. The molecule has 0 fully saturated rings. The van der Waals surface area contributed by atoms with Gasteiger partial charge >= 0.3 is 0 Å². The molecule has 0 unspecified atom stereocenters. The van der Waals surface area contributed by atoms with Crippen LogP contribution in [0, 0.1) is 6.92 Å². The van der Waals surface area contributed by atoms with Gasteiger partial charge in [-0.05, 0) is 34.7 Å². The molecular weight excluding hydrogens is 210 g/mol. The summed E-state index contributed by atoms with van der Waals surface area (Å²) in [5, 5.41) is 3.58. The molecule has 0 aromatic heterocycles. The molecule has 0 radical (unpaired) electrons. The number of hydrogen-bond donors (Lipinski definition) is 0. The molecule has 0 atom stereocenters. The zero-order valence-corrected chi connectivity index (χ0v) is 9.67. The average molecular weight is 223 g/mol. The normalized spacial score (nSPS) is 9.71. The lowest BCUT2D eigenvalue weighted by Crippen LogP contribution is -1.85. The second kappa shape index (κ2) is 5.19. The standard InChI is InChI=1S/C14H13N3/c1-11-5-2-3-8-14(11)13-7-4-6-12(9-13)10-16-17-15/h2-9H,10H2,1H3. The zero-order valence-electron chi connectivity index (χ0n) is 9.67. The van der Waals surface area contributed by atoms with E-state index in [0.717, 1.165) is 11.1 Å². The highest BCUT2D eigenvalue weighted by atomic mass is 15.1. The van der Waals surface area contributed by atoms with E-state index in [9.17, 15) is 0 Å². The Balaban J connectivity index is 2.39. The van der Waals surface area contributed by atoms with Gasteiger partial charge in [0.1, 0.15) is 0 Å². The molecule has 0 saturated heterocycles. The highest BCUT2D eigenvalue weighted by molar-refractivity contribution is 5.67. The molecule has 2 rings (SSSR count). The molecule has 0 aliphatic rings. The van der Waals surface area contributed by atoms with Crippen molar-refractivity contribution >= 4 is 0 Å². The Morgan fingerprint density at radius 2 is 1.94 bits per heavy atom. The molecule has 0 N–H and O–H groups in total. The fourth-order valence-corrected chi connectivity index (χ4v) is 1.85. The summed E-state index contributed by atoms with van der Waals surface area (Å²) in [4.78, 5) is 2.78. The minimum Gasteiger partial charge on any atom is -0.0893 e. The number of rotatable bonds is 3. The Bertz CT molecular complexity index is 569. The van der Waals surface area contributed by atoms with Crippen molar-refractivity contribution in [3.05, 3.63) is 70.1 Å². The third-order valence-corrected chi connectivity index (χ3v) is 2.70. The van der Waals surface area contributed by atoms with Crippen LogP contribution in [0.4, 0.5) is 0 Å². The topological polar surface area (TPSA) is 48.8 Å². The Hall–Kier alpha value is -2.25. The van der Waals surface area contributed by atoms with Crippen molar-refractivity contribution in [2.24, 2.45) is 5.11 Å². The molecule has 2 aromatic carbocycles. The summed E-state index contributed by atoms with van der Waals surface area (Å²) in [5.41, 5.74) is 13.0. The first kappa shape index (κ1) is 11.2. The maximum atomic E-state index is 8.32. The Morgan fingerprint density at radius 1 is 1.12 bits per heavy atom. The van der Waals surface area contributed by atoms with E-state index in [-0.39, 0.29) is 0 Å². The summed E-state index contributed by atoms with van der Waals surface area (Å²) >= 11 is 0. The Morgan fingerprint density at radius 3 is 2.71 bits per heavy atom. The molecule has 0 spiro atoms. The number of aryl methyl sites for hydroxylation is 1. The fraction of sp³-hybridized carbons (Fsp3) is 0.143. The van der Waals surface area contributed by atoms with E-state index in [1.165, 1.54) is 11.1 Å². The van der Waals surface area contributed by atoms with Crippen LogP contribution >= 0.6 is 0 Å². The summed E-state index contributed by atoms with van der Waals surface area (Å²) < 4.78 is 0. The third kappa shape index (κ3) is 2.65. The maximum Gasteiger partial charge on any atom is 0.0511 e. The minimum atomic E-state index is 0.399. The van der Waals surface area contributed by atoms with E-state index in [4.69, 9.17) is 5.53 Å². The average Bonchev–Trinajstić information content (AvgIpc) is 2.37. The van der Waals surface area contributed by atoms with Gasteiger partial charge < -0.3 is 0 Å². The second-order valence-corrected chi connectivity index (χ2v) is 3.90. The van der Waals surface area contributed by atoms with Crippen LogP contribution in [-0.2, 0) is 6.54 Å². The molecule has 2 aromatic rings. The van der Waals surface area contributed by atoms with Gasteiger partial charge in [0.05, 0.1) is 6.54 Å². The zero-order chi connectivity index (χ0) is 12.1. The molecule has 0 amide bonds. The molecule has 0 bridgehead atoms. The first-order valence-electron chi connectivity index (χ1n) is 5.47. The van der Waals surface area contributed by atoms with Gasteiger partial charge in [0.15, 0.2) is 0 Å². The molecule has 0 saturated carbocycles. The van der Waals surface area contributed by atoms with Crippen molar-refractivity contribution in [2.45, 2.75) is 13.5 Å². The van der Waals surface area contributed by atoms with Gasteiger partial charge in [0.25, 0.3) is 0 Å². The number of benzene rings is 2. The van der Waals surface area contributed by atoms with Gasteiger partial charge in [0.2, 0.25) is 0 Å². The number of azide groups is 1. The molecule has 0 heterocycles. The van der Waals surface area contributed by atoms with Crippen molar-refractivity contribution < 1.29 is 0 Å². The smallest absolute Gasteiger partial charge is 0.0511 e. The van der Waals surface area contributed by atoms with Crippen LogP contribution in [0.3, 0.4) is 0 Å². The van der Waals surface area contributed by atoms with E-state index in [1.807, 2.05) is 24.3 Å². The highest BCUT2D eigenvalue weighted by Crippen LogP contribution is 2.24. The third-order valence-electron chi connectivity index (χ3n) is 2.70. The van der Waals surface area contributed by atoms with Crippen molar-refractivity contribution in [3.8, 4) is 11.1 Å². The van der Waals surface area contributed by atoms with Gasteiger partial charge in [-0.15, -0.1) is 0 Å². The second-order valence-electron chi connectivity index (χ2n) is 3.90. The van der Waals surface area contributed by atoms with E-state index in [0.29, 0.717) is 6.54 Å². The SMILES string of the molecule is Cc1ccccc1-c1cccc(CN=[N+]=[N-])c1. The summed E-state index contributed by atoms with van der Waals surface area (Å²) in [7, 11) is 0. The van der Waals surface area contributed by atoms with Gasteiger partial charge in [-0.3, -0.25) is 0 Å². The predicted octanol–water partition coefficient (Wildman–Crippen LogP) is 4.47. The lowest BCUT2D eigenvalue weighted by Gasteiger charge is -2.06. The fourth-order valence-electron chi connectivity index (χ4n) is 1.85. The molecule has 0 aliphatic heterocycles. The molecule has 84 valence electrons. The van der Waals surface area contributed by atoms with Crippen LogP contribution in [0.5, 0.6) is 0 Å². The van der Waals surface area contributed by atoms with E-state index in [2.05, 4.69) is 41.2 Å². The van der Waals surface area contributed by atoms with Crippen LogP contribution in [0.25, 0.3) is 21.6 Å². The van der Waals surface area contributed by atoms with Gasteiger partial charge in [-0.25, -0.2) is 0 Å². The minimum absolute atomic E-state index is 0.399. The summed E-state index contributed by atoms with van der Waals surface area (Å²) in [5.74, 6) is 0. The van der Waals surface area contributed by atoms with Crippen molar-refractivity contribution in [1.29, 1.82) is 0 Å². The first-order chi connectivity index (χ1) is 8.31. The van der Waals surface area contributed by atoms with Crippen LogP contribution in [0.15, 0.2) is 53.6 Å². The summed E-state index contributed by atoms with van der Waals surface area (Å²) in [6.45, 7) is 2.49. The van der Waals surface area contributed by atoms with Gasteiger partial charge in [-0.2, -0.15) is 0 Å². The Kier molecular flexibility index (Phi) is 3.43. The van der Waals surface area contributed by atoms with Crippen LogP contribution in [-0.4, -0.2) is 0 Å². The summed E-state index contributed by atoms with van der Waals surface area (Å²) in [6, 6.07) is 16.3. The van der Waals surface area contributed by atoms with Crippen molar-refractivity contribution in [3.63, 3.8) is 0 Å². The van der Waals surface area contributed by atoms with Crippen LogP contribution in [0.1, 0.15) is 11.1 Å². The quantitative estimate of drug-likeness (QED) is 0.418. The number of nitrogens with zero attached hydrogens (tertiary/aromatic N) is 3. The molecule has 0 aliphatic carbocycles. The molecule has 3 heteroatoms. The monoisotopic (exact) mass is 223 g/mol. The number of hydrogen-bond acceptors (Lipinski definition) is 1. The first-order valence-corrected chi connectivity index (χ1v) is 5.47. The van der Waals surface area contributed by atoms with Crippen molar-refractivity contribution in [2.75, 3.05) is 0 Å². The maximum absolute atomic E-state index is 8.32. The molecule has 17 heavy (non-hydrogen) atoms. The Labute approximate surface area is 100 Å². The molecular formula is C14H13N3. The van der Waals surface area contributed by atoms with E-state index in [1.54, 1.807) is 0 Å². The lowest BCUT2D eigenvalue weighted by atomic mass is 9.99. The predicted molar refractivity (Wildman–Crippen MR) is 69.5 cm³/mol. The van der Waals surface area contributed by atoms with Gasteiger partial charge in [-0.1, -0.05) is 53.6 Å². The van der Waals surface area contributed by atoms with Gasteiger partial charge in [0, 0.05) is 4.91 Å². The van der Waals surface area contributed by atoms with Crippen LogP contribution in [0.2, 0.25) is 0 Å². The summed E-state index contributed by atoms with van der Waals surface area (Å²) in [6.07, 6.45) is 0. The largest absolute Gasteiger partial charge is 0.0893 e. The van der Waals surface area contributed by atoms with Crippen LogP contribution < -0.4 is 0 Å². The van der Waals surface area contributed by atoms with Crippen molar-refractivity contribution in [1.82, 2.24) is 0 Å². The highest BCUT2D eigenvalue weighted by Gasteiger charge is 2.01.